The molecule has 1 fully saturated rings. The van der Waals surface area contributed by atoms with Gasteiger partial charge in [-0.05, 0) is 39.3 Å². The second-order valence-corrected chi connectivity index (χ2v) is 7.30. The smallest absolute Gasteiger partial charge is 0.0300 e. The Morgan fingerprint density at radius 2 is 2.21 bits per heavy atom. The molecule has 1 aliphatic heterocycles. The van der Waals surface area contributed by atoms with Gasteiger partial charge in [-0.3, -0.25) is 9.80 Å². The first-order valence-corrected chi connectivity index (χ1v) is 8.05. The molecular weight excluding hydrogens is 254 g/mol. The summed E-state index contributed by atoms with van der Waals surface area (Å²) in [6.07, 6.45) is 0. The highest BCUT2D eigenvalue weighted by molar-refractivity contribution is 7.09. The van der Waals surface area contributed by atoms with Crippen LogP contribution in [0.2, 0.25) is 0 Å². The van der Waals surface area contributed by atoms with E-state index in [1.807, 2.05) is 11.3 Å². The van der Waals surface area contributed by atoms with Crippen molar-refractivity contribution in [2.75, 3.05) is 33.2 Å². The lowest BCUT2D eigenvalue weighted by molar-refractivity contribution is 0.0207. The van der Waals surface area contributed by atoms with E-state index in [0.29, 0.717) is 11.6 Å². The molecule has 1 unspecified atom stereocenters. The van der Waals surface area contributed by atoms with E-state index in [9.17, 15) is 0 Å². The third kappa shape index (κ3) is 4.02. The lowest BCUT2D eigenvalue weighted by atomic mass is 9.98. The molecule has 2 rings (SSSR count). The number of thiophene rings is 1. The van der Waals surface area contributed by atoms with Gasteiger partial charge in [0.15, 0.2) is 0 Å². The maximum Gasteiger partial charge on any atom is 0.0300 e. The van der Waals surface area contributed by atoms with Gasteiger partial charge in [-0.15, -0.1) is 11.3 Å². The number of nitrogens with zero attached hydrogens (tertiary/aromatic N) is 2. The van der Waals surface area contributed by atoms with E-state index < -0.39 is 0 Å². The van der Waals surface area contributed by atoms with Gasteiger partial charge in [0.25, 0.3) is 0 Å². The molecule has 1 saturated heterocycles. The molecule has 1 N–H and O–H groups in total. The fourth-order valence-electron chi connectivity index (χ4n) is 2.60. The van der Waals surface area contributed by atoms with E-state index in [-0.39, 0.29) is 0 Å². The first-order valence-electron chi connectivity index (χ1n) is 7.17. The Kier molecular flexibility index (Phi) is 5.01. The van der Waals surface area contributed by atoms with Crippen LogP contribution in [-0.4, -0.2) is 54.6 Å². The Bertz CT molecular complexity index is 375. The molecule has 0 bridgehead atoms. The molecule has 108 valence electrons. The van der Waals surface area contributed by atoms with Crippen LogP contribution in [0.1, 0.15) is 25.6 Å². The topological polar surface area (TPSA) is 18.5 Å². The third-order valence-electron chi connectivity index (χ3n) is 4.29. The molecule has 0 aliphatic carbocycles. The van der Waals surface area contributed by atoms with Gasteiger partial charge in [0.2, 0.25) is 0 Å². The number of likely N-dealkylation sites (N-methyl/N-ethyl adjacent to an activating group) is 1. The van der Waals surface area contributed by atoms with Crippen LogP contribution in [-0.2, 0) is 6.54 Å². The molecule has 0 saturated carbocycles. The summed E-state index contributed by atoms with van der Waals surface area (Å²) in [4.78, 5) is 6.50. The van der Waals surface area contributed by atoms with Crippen molar-refractivity contribution in [3.05, 3.63) is 22.4 Å². The molecule has 0 aromatic carbocycles. The van der Waals surface area contributed by atoms with Gasteiger partial charge in [-0.2, -0.15) is 0 Å². The summed E-state index contributed by atoms with van der Waals surface area (Å²) in [5.74, 6) is 0. The van der Waals surface area contributed by atoms with E-state index in [0.717, 1.165) is 19.6 Å². The molecule has 1 aromatic heterocycles. The number of piperazine rings is 1. The normalized spacial score (nSPS) is 22.5. The van der Waals surface area contributed by atoms with Crippen molar-refractivity contribution in [1.82, 2.24) is 15.1 Å². The van der Waals surface area contributed by atoms with E-state index in [1.54, 1.807) is 0 Å². The van der Waals surface area contributed by atoms with Crippen molar-refractivity contribution < 1.29 is 0 Å². The Balaban J connectivity index is 1.75. The summed E-state index contributed by atoms with van der Waals surface area (Å²) in [6, 6.07) is 4.92. The zero-order valence-electron chi connectivity index (χ0n) is 12.6. The van der Waals surface area contributed by atoms with Crippen molar-refractivity contribution in [2.24, 2.45) is 0 Å². The van der Waals surface area contributed by atoms with Gasteiger partial charge >= 0.3 is 0 Å². The second kappa shape index (κ2) is 6.35. The van der Waals surface area contributed by atoms with Gasteiger partial charge in [0.1, 0.15) is 0 Å². The summed E-state index contributed by atoms with van der Waals surface area (Å²) < 4.78 is 0. The van der Waals surface area contributed by atoms with Crippen LogP contribution in [0.5, 0.6) is 0 Å². The molecule has 19 heavy (non-hydrogen) atoms. The van der Waals surface area contributed by atoms with E-state index >= 15 is 0 Å². The molecular formula is C15H27N3S. The summed E-state index contributed by atoms with van der Waals surface area (Å²) in [6.45, 7) is 12.6. The monoisotopic (exact) mass is 281 g/mol. The number of rotatable bonds is 5. The summed E-state index contributed by atoms with van der Waals surface area (Å²) >= 11 is 1.83. The molecule has 1 aliphatic rings. The minimum absolute atomic E-state index is 0.292. The lowest BCUT2D eigenvalue weighted by Crippen LogP contribution is -2.60. The first kappa shape index (κ1) is 15.0. The molecule has 0 spiro atoms. The van der Waals surface area contributed by atoms with Crippen molar-refractivity contribution >= 4 is 11.3 Å². The van der Waals surface area contributed by atoms with Gasteiger partial charge in [-0.25, -0.2) is 0 Å². The highest BCUT2D eigenvalue weighted by Gasteiger charge is 2.32. The molecule has 4 heteroatoms. The zero-order valence-corrected chi connectivity index (χ0v) is 13.5. The molecule has 0 radical (unpaired) electrons. The second-order valence-electron chi connectivity index (χ2n) is 6.26. The van der Waals surface area contributed by atoms with E-state index in [4.69, 9.17) is 0 Å². The number of hydrogen-bond donors (Lipinski definition) is 1. The van der Waals surface area contributed by atoms with Crippen molar-refractivity contribution in [2.45, 2.75) is 38.9 Å². The summed E-state index contributed by atoms with van der Waals surface area (Å²) in [7, 11) is 2.23. The van der Waals surface area contributed by atoms with Gasteiger partial charge < -0.3 is 5.32 Å². The minimum Gasteiger partial charge on any atom is -0.310 e. The maximum atomic E-state index is 3.58. The Hall–Kier alpha value is -0.420. The molecule has 2 heterocycles. The predicted molar refractivity (Wildman–Crippen MR) is 83.8 cm³/mol. The standard InChI is InChI=1S/C15H27N3S/c1-13(10-16-11-14-6-5-9-19-14)18-8-7-17(4)15(2,3)12-18/h5-6,9,13,16H,7-8,10-12H2,1-4H3. The quantitative estimate of drug-likeness (QED) is 0.893. The summed E-state index contributed by atoms with van der Waals surface area (Å²) in [5, 5.41) is 5.72. The van der Waals surface area contributed by atoms with Crippen LogP contribution in [0, 0.1) is 0 Å². The minimum atomic E-state index is 0.292. The lowest BCUT2D eigenvalue weighted by Gasteiger charge is -2.47. The third-order valence-corrected chi connectivity index (χ3v) is 5.16. The summed E-state index contributed by atoms with van der Waals surface area (Å²) in [5.41, 5.74) is 0.292. The van der Waals surface area contributed by atoms with Crippen molar-refractivity contribution in [1.29, 1.82) is 0 Å². The van der Waals surface area contributed by atoms with Crippen LogP contribution in [0.25, 0.3) is 0 Å². The Morgan fingerprint density at radius 3 is 2.84 bits per heavy atom. The van der Waals surface area contributed by atoms with E-state index in [1.165, 1.54) is 18.0 Å². The van der Waals surface area contributed by atoms with Crippen molar-refractivity contribution in [3.63, 3.8) is 0 Å². The van der Waals surface area contributed by atoms with Crippen LogP contribution < -0.4 is 5.32 Å². The Labute approximate surface area is 121 Å². The maximum absolute atomic E-state index is 3.58. The van der Waals surface area contributed by atoms with Crippen molar-refractivity contribution in [3.8, 4) is 0 Å². The molecule has 1 atom stereocenters. The Morgan fingerprint density at radius 1 is 1.42 bits per heavy atom. The van der Waals surface area contributed by atoms with E-state index in [2.05, 4.69) is 60.4 Å². The molecule has 1 aromatic rings. The van der Waals surface area contributed by atoms with Crippen LogP contribution in [0.4, 0.5) is 0 Å². The highest BCUT2D eigenvalue weighted by atomic mass is 32.1. The van der Waals surface area contributed by atoms with Gasteiger partial charge in [0, 0.05) is 49.2 Å². The predicted octanol–water partition coefficient (Wildman–Crippen LogP) is 2.25. The largest absolute Gasteiger partial charge is 0.310 e. The zero-order chi connectivity index (χ0) is 13.9. The van der Waals surface area contributed by atoms with Crippen LogP contribution >= 0.6 is 11.3 Å². The molecule has 3 nitrogen and oxygen atoms in total. The van der Waals surface area contributed by atoms with Gasteiger partial charge in [0.05, 0.1) is 0 Å². The average Bonchev–Trinajstić information content (AvgIpc) is 2.85. The number of hydrogen-bond acceptors (Lipinski definition) is 4. The van der Waals surface area contributed by atoms with Gasteiger partial charge in [-0.1, -0.05) is 6.07 Å². The fourth-order valence-corrected chi connectivity index (χ4v) is 3.28. The number of nitrogens with one attached hydrogen (secondary N) is 1. The fraction of sp³-hybridized carbons (Fsp3) is 0.733. The average molecular weight is 281 g/mol. The first-order chi connectivity index (χ1) is 8.99. The highest BCUT2D eigenvalue weighted by Crippen LogP contribution is 2.20. The van der Waals surface area contributed by atoms with Crippen LogP contribution in [0.15, 0.2) is 17.5 Å². The van der Waals surface area contributed by atoms with Crippen LogP contribution in [0.3, 0.4) is 0 Å². The molecule has 0 amide bonds. The SMILES string of the molecule is CC(CNCc1cccs1)N1CCN(C)C(C)(C)C1.